The largest absolute Gasteiger partial charge is 0.507 e. The second-order valence-electron chi connectivity index (χ2n) is 8.06. The highest BCUT2D eigenvalue weighted by molar-refractivity contribution is 7.14. The number of rotatable bonds is 5. The Balaban J connectivity index is 1.87. The number of ketones is 1. The lowest BCUT2D eigenvalue weighted by Gasteiger charge is -2.27. The van der Waals surface area contributed by atoms with E-state index in [0.717, 1.165) is 10.6 Å². The fraction of sp³-hybridized carbons (Fsp3) is 0.240. The molecule has 0 saturated carbocycles. The zero-order valence-corrected chi connectivity index (χ0v) is 19.2. The van der Waals surface area contributed by atoms with E-state index in [1.807, 2.05) is 37.3 Å². The Kier molecular flexibility index (Phi) is 5.60. The third-order valence-corrected chi connectivity index (χ3v) is 6.75. The number of carbonyl (C=O) groups excluding carboxylic acids is 2. The molecule has 1 atom stereocenters. The highest BCUT2D eigenvalue weighted by atomic mass is 32.1. The van der Waals surface area contributed by atoms with Crippen LogP contribution in [0, 0.1) is 27.7 Å². The van der Waals surface area contributed by atoms with Gasteiger partial charge in [0.25, 0.3) is 5.91 Å². The molecule has 1 unspecified atom stereocenters. The standard InChI is InChI=1S/C25H24N2O4S/c1-13-10-18(11-14(2)21(13)28)20-19(22(29)24-15(3)26-16(4)32-24)23(30)25(31)27(20)12-17-8-6-5-7-9-17/h5-11,20,28,30H,12H2,1-4H3. The number of aliphatic hydroxyl groups is 1. The molecule has 0 saturated heterocycles. The van der Waals surface area contributed by atoms with Crippen molar-refractivity contribution in [2.24, 2.45) is 0 Å². The van der Waals surface area contributed by atoms with Crippen LogP contribution in [0.1, 0.15) is 48.7 Å². The zero-order chi connectivity index (χ0) is 23.2. The van der Waals surface area contributed by atoms with Crippen LogP contribution < -0.4 is 0 Å². The van der Waals surface area contributed by atoms with Crippen LogP contribution in [0.4, 0.5) is 0 Å². The number of aliphatic hydroxyl groups excluding tert-OH is 1. The lowest BCUT2D eigenvalue weighted by Crippen LogP contribution is -2.30. The van der Waals surface area contributed by atoms with Gasteiger partial charge in [-0.05, 0) is 62.1 Å². The van der Waals surface area contributed by atoms with Gasteiger partial charge in [-0.2, -0.15) is 0 Å². The van der Waals surface area contributed by atoms with E-state index in [2.05, 4.69) is 4.98 Å². The van der Waals surface area contributed by atoms with E-state index in [1.165, 1.54) is 16.2 Å². The number of carbonyl (C=O) groups is 2. The number of phenolic OH excluding ortho intramolecular Hbond substituents is 1. The molecule has 32 heavy (non-hydrogen) atoms. The predicted octanol–water partition coefficient (Wildman–Crippen LogP) is 4.86. The molecule has 0 radical (unpaired) electrons. The van der Waals surface area contributed by atoms with E-state index < -0.39 is 23.5 Å². The van der Waals surface area contributed by atoms with Crippen molar-refractivity contribution in [3.63, 3.8) is 0 Å². The average molecular weight is 449 g/mol. The van der Waals surface area contributed by atoms with Crippen LogP contribution in [-0.2, 0) is 11.3 Å². The summed E-state index contributed by atoms with van der Waals surface area (Å²) in [4.78, 5) is 33.0. The van der Waals surface area contributed by atoms with Crippen LogP contribution >= 0.6 is 11.3 Å². The molecule has 164 valence electrons. The summed E-state index contributed by atoms with van der Waals surface area (Å²) in [5, 5.41) is 21.9. The summed E-state index contributed by atoms with van der Waals surface area (Å²) in [6.07, 6.45) is 0. The molecule has 0 fully saturated rings. The van der Waals surface area contributed by atoms with Gasteiger partial charge in [-0.15, -0.1) is 11.3 Å². The van der Waals surface area contributed by atoms with Crippen LogP contribution in [0.5, 0.6) is 5.75 Å². The van der Waals surface area contributed by atoms with Gasteiger partial charge in [0.15, 0.2) is 5.76 Å². The Morgan fingerprint density at radius 1 is 1.06 bits per heavy atom. The Morgan fingerprint density at radius 3 is 2.25 bits per heavy atom. The first-order valence-electron chi connectivity index (χ1n) is 10.3. The SMILES string of the molecule is Cc1nc(C)c(C(=O)C2=C(O)C(=O)N(Cc3ccccc3)C2c2cc(C)c(O)c(C)c2)s1. The molecule has 2 heterocycles. The molecule has 1 aliphatic rings. The minimum absolute atomic E-state index is 0.0437. The van der Waals surface area contributed by atoms with Gasteiger partial charge in [0.05, 0.1) is 27.2 Å². The Hall–Kier alpha value is -3.45. The minimum atomic E-state index is -0.782. The molecule has 7 heteroatoms. The van der Waals surface area contributed by atoms with Crippen molar-refractivity contribution in [3.8, 4) is 5.75 Å². The first-order chi connectivity index (χ1) is 15.2. The van der Waals surface area contributed by atoms with Gasteiger partial charge in [-0.3, -0.25) is 9.59 Å². The first-order valence-corrected chi connectivity index (χ1v) is 11.1. The summed E-state index contributed by atoms with van der Waals surface area (Å²) in [6, 6.07) is 12.2. The van der Waals surface area contributed by atoms with E-state index >= 15 is 0 Å². The highest BCUT2D eigenvalue weighted by Gasteiger charge is 2.44. The van der Waals surface area contributed by atoms with Gasteiger partial charge in [0.1, 0.15) is 5.75 Å². The molecule has 4 rings (SSSR count). The van der Waals surface area contributed by atoms with Gasteiger partial charge in [0, 0.05) is 6.54 Å². The molecule has 0 aliphatic carbocycles. The summed E-state index contributed by atoms with van der Waals surface area (Å²) in [7, 11) is 0. The molecule has 3 aromatic rings. The fourth-order valence-electron chi connectivity index (χ4n) is 4.19. The lowest BCUT2D eigenvalue weighted by molar-refractivity contribution is -0.130. The van der Waals surface area contributed by atoms with E-state index in [1.54, 1.807) is 32.9 Å². The number of amides is 1. The summed E-state index contributed by atoms with van der Waals surface area (Å²) in [5.74, 6) is -1.36. The second kappa shape index (κ2) is 8.24. The monoisotopic (exact) mass is 448 g/mol. The number of thiazole rings is 1. The van der Waals surface area contributed by atoms with Crippen LogP contribution in [-0.4, -0.2) is 31.8 Å². The van der Waals surface area contributed by atoms with Gasteiger partial charge in [0.2, 0.25) is 5.78 Å². The molecule has 2 N–H and O–H groups in total. The second-order valence-corrected chi connectivity index (χ2v) is 9.27. The minimum Gasteiger partial charge on any atom is -0.507 e. The Bertz CT molecular complexity index is 1240. The maximum atomic E-state index is 13.6. The third-order valence-electron chi connectivity index (χ3n) is 5.68. The van der Waals surface area contributed by atoms with Crippen LogP contribution in [0.3, 0.4) is 0 Å². The van der Waals surface area contributed by atoms with E-state index in [-0.39, 0.29) is 17.9 Å². The smallest absolute Gasteiger partial charge is 0.290 e. The van der Waals surface area contributed by atoms with Crippen molar-refractivity contribution >= 4 is 23.0 Å². The molecule has 1 amide bonds. The first kappa shape index (κ1) is 21.8. The van der Waals surface area contributed by atoms with Crippen molar-refractivity contribution in [3.05, 3.63) is 91.6 Å². The number of nitrogens with zero attached hydrogens (tertiary/aromatic N) is 2. The van der Waals surface area contributed by atoms with E-state index in [4.69, 9.17) is 0 Å². The molecule has 0 bridgehead atoms. The molecule has 1 aromatic heterocycles. The molecule has 1 aliphatic heterocycles. The molecule has 0 spiro atoms. The van der Waals surface area contributed by atoms with Crippen molar-refractivity contribution in [2.75, 3.05) is 0 Å². The van der Waals surface area contributed by atoms with E-state index in [9.17, 15) is 19.8 Å². The third kappa shape index (κ3) is 3.69. The molecular formula is C25H24N2O4S. The number of hydrogen-bond acceptors (Lipinski definition) is 6. The predicted molar refractivity (Wildman–Crippen MR) is 123 cm³/mol. The number of aryl methyl sites for hydroxylation is 4. The maximum Gasteiger partial charge on any atom is 0.290 e. The van der Waals surface area contributed by atoms with Gasteiger partial charge in [-0.25, -0.2) is 4.98 Å². The normalized spacial score (nSPS) is 16.2. The molecular weight excluding hydrogens is 424 g/mol. The lowest BCUT2D eigenvalue weighted by atomic mass is 9.92. The summed E-state index contributed by atoms with van der Waals surface area (Å²) in [5.41, 5.74) is 3.42. The van der Waals surface area contributed by atoms with Gasteiger partial charge >= 0.3 is 0 Å². The van der Waals surface area contributed by atoms with Gasteiger partial charge < -0.3 is 15.1 Å². The summed E-state index contributed by atoms with van der Waals surface area (Å²) >= 11 is 1.25. The average Bonchev–Trinajstić information content (AvgIpc) is 3.22. The highest BCUT2D eigenvalue weighted by Crippen LogP contribution is 2.42. The maximum absolute atomic E-state index is 13.6. The number of hydrogen-bond donors (Lipinski definition) is 2. The zero-order valence-electron chi connectivity index (χ0n) is 18.3. The van der Waals surface area contributed by atoms with Crippen molar-refractivity contribution in [2.45, 2.75) is 40.3 Å². The van der Waals surface area contributed by atoms with Crippen molar-refractivity contribution in [1.29, 1.82) is 0 Å². The fourth-order valence-corrected chi connectivity index (χ4v) is 5.06. The quantitative estimate of drug-likeness (QED) is 0.544. The van der Waals surface area contributed by atoms with Crippen LogP contribution in [0.25, 0.3) is 0 Å². The van der Waals surface area contributed by atoms with Crippen molar-refractivity contribution < 1.29 is 19.8 Å². The number of phenols is 1. The van der Waals surface area contributed by atoms with Crippen LogP contribution in [0.2, 0.25) is 0 Å². The Labute approximate surface area is 190 Å². The summed E-state index contributed by atoms with van der Waals surface area (Å²) in [6.45, 7) is 7.33. The number of Topliss-reactive ketones (excluding diaryl/α,β-unsaturated/α-hetero) is 1. The number of benzene rings is 2. The van der Waals surface area contributed by atoms with Crippen molar-refractivity contribution in [1.82, 2.24) is 9.88 Å². The van der Waals surface area contributed by atoms with Gasteiger partial charge in [-0.1, -0.05) is 30.3 Å². The number of aromatic nitrogens is 1. The molecule has 6 nitrogen and oxygen atoms in total. The van der Waals surface area contributed by atoms with E-state index in [0.29, 0.717) is 27.3 Å². The molecule has 2 aromatic carbocycles. The van der Waals surface area contributed by atoms with Crippen LogP contribution in [0.15, 0.2) is 53.8 Å². The number of aromatic hydroxyl groups is 1. The summed E-state index contributed by atoms with van der Waals surface area (Å²) < 4.78 is 0. The Morgan fingerprint density at radius 2 is 1.69 bits per heavy atom. The topological polar surface area (TPSA) is 90.7 Å².